The summed E-state index contributed by atoms with van der Waals surface area (Å²) < 4.78 is 18.2. The standard InChI is InChI=1S/C14H23NO2S.C12H7Cl3O2.C12H17NO3.C10H12O2S.C7H8N2O/c1-3-4-5-6-7-8-9-10-14(17)18-12-11-15-13(2)16;13-7-1-3-11(9(15)5-7)17-12-4-2-8(14)6-10(12)16;1-2-3-4-5-6-7-8-9(14)10-11(16-10)12(13)15;1-4-6(2)5-8-9(11)7(3)10(12)13-8;8-9-7(10)6-4-2-1-3-5-6/h3-7,10-12H2,1-2H3,(H,15,16);1-6,16H;2-3,5-6,10-11H,4,7-8H2,1H3,(H2,13,15);4-5,8,11H,1H2,2-3H3;1-5H,8H2,(H,9,10)/b;;3-2+,6-5+;6-5+;/i;;;8T;. The number of thioether (sulfide) groups is 2. The van der Waals surface area contributed by atoms with Gasteiger partial charge in [-0.1, -0.05) is 157 Å². The molecule has 1 saturated heterocycles. The third-order valence-electron chi connectivity index (χ3n) is 9.55. The molecule has 0 aliphatic carbocycles. The van der Waals surface area contributed by atoms with Crippen LogP contribution in [0.5, 0.6) is 17.2 Å². The minimum absolute atomic E-state index is 0.0421. The van der Waals surface area contributed by atoms with Crippen LogP contribution in [0.15, 0.2) is 127 Å². The summed E-state index contributed by atoms with van der Waals surface area (Å²) in [6.07, 6.45) is 17.9. The molecule has 400 valence electrons. The number of benzene rings is 3. The van der Waals surface area contributed by atoms with Gasteiger partial charge in [0.2, 0.25) is 22.0 Å². The van der Waals surface area contributed by atoms with Crippen molar-refractivity contribution in [3.05, 3.63) is 147 Å². The Hall–Kier alpha value is -5.77. The Balaban J connectivity index is 0.000000474. The maximum Gasteiger partial charge on any atom is 0.265 e. The van der Waals surface area contributed by atoms with E-state index in [0.717, 1.165) is 36.6 Å². The molecule has 14 nitrogen and oxygen atoms in total. The number of nitrogens with one attached hydrogen (secondary N) is 2. The van der Waals surface area contributed by atoms with Gasteiger partial charge in [-0.05, 0) is 82.5 Å². The first kappa shape index (κ1) is 64.3. The van der Waals surface area contributed by atoms with E-state index in [9.17, 15) is 39.0 Å². The first-order valence-corrected chi connectivity index (χ1v) is 26.3. The van der Waals surface area contributed by atoms with Crippen LogP contribution < -0.4 is 27.1 Å². The van der Waals surface area contributed by atoms with E-state index < -0.39 is 23.3 Å². The number of rotatable bonds is 20. The molecule has 3 unspecified atom stereocenters. The van der Waals surface area contributed by atoms with E-state index >= 15 is 0 Å². The van der Waals surface area contributed by atoms with Crippen molar-refractivity contribution in [2.45, 2.75) is 110 Å². The Morgan fingerprint density at radius 3 is 2.18 bits per heavy atom. The Labute approximate surface area is 460 Å². The van der Waals surface area contributed by atoms with Gasteiger partial charge in [-0.2, -0.15) is 0 Å². The fourth-order valence-electron chi connectivity index (χ4n) is 5.47. The van der Waals surface area contributed by atoms with Crippen LogP contribution in [0.25, 0.3) is 0 Å². The Morgan fingerprint density at radius 2 is 1.62 bits per heavy atom. The first-order valence-electron chi connectivity index (χ1n) is 23.9. The summed E-state index contributed by atoms with van der Waals surface area (Å²) in [4.78, 5) is 66.0. The Kier molecular flexibility index (Phi) is 33.7. The molecule has 2 aliphatic rings. The molecule has 1 fully saturated rings. The van der Waals surface area contributed by atoms with Crippen LogP contribution in [0.1, 0.15) is 104 Å². The van der Waals surface area contributed by atoms with Crippen LogP contribution in [-0.2, 0) is 28.7 Å². The Bertz CT molecular complexity index is 2520. The number of unbranched alkanes of at least 4 members (excludes halogenated alkanes) is 4. The number of amides is 3. The predicted molar refractivity (Wildman–Crippen MR) is 301 cm³/mol. The molecule has 3 aromatic carbocycles. The molecule has 2 heterocycles. The zero-order valence-corrected chi connectivity index (χ0v) is 46.1. The van der Waals surface area contributed by atoms with E-state index in [0.29, 0.717) is 57.9 Å². The molecule has 19 heteroatoms. The second kappa shape index (κ2) is 38.8. The van der Waals surface area contributed by atoms with Crippen LogP contribution in [0.2, 0.25) is 15.1 Å². The number of nitrogens with two attached hydrogens (primary N) is 2. The van der Waals surface area contributed by atoms with Gasteiger partial charge in [0.1, 0.15) is 11.5 Å². The number of Topliss-reactive ketones (excluding diaryl/α,β-unsaturated/α-hetero) is 1. The summed E-state index contributed by atoms with van der Waals surface area (Å²) in [5, 5.41) is 21.7. The second-order valence-electron chi connectivity index (χ2n) is 15.7. The minimum atomic E-state index is -1.36. The summed E-state index contributed by atoms with van der Waals surface area (Å²) in [5.74, 6) is 11.0. The molecule has 3 atom stereocenters. The van der Waals surface area contributed by atoms with Crippen LogP contribution in [0, 0.1) is 11.8 Å². The summed E-state index contributed by atoms with van der Waals surface area (Å²) in [6.45, 7) is 13.0. The number of hydrogen-bond acceptors (Lipinski definition) is 13. The molecule has 0 saturated carbocycles. The highest BCUT2D eigenvalue weighted by atomic mass is 35.5. The lowest BCUT2D eigenvalue weighted by molar-refractivity contribution is -0.121. The van der Waals surface area contributed by atoms with E-state index in [1.807, 2.05) is 42.7 Å². The van der Waals surface area contributed by atoms with Crippen molar-refractivity contribution in [1.82, 2.24) is 10.7 Å². The van der Waals surface area contributed by atoms with Crippen molar-refractivity contribution in [3.8, 4) is 29.1 Å². The van der Waals surface area contributed by atoms with Gasteiger partial charge in [-0.25, -0.2) is 5.84 Å². The van der Waals surface area contributed by atoms with Gasteiger partial charge in [0.05, 0.1) is 18.0 Å². The van der Waals surface area contributed by atoms with Crippen LogP contribution in [0.4, 0.5) is 0 Å². The summed E-state index contributed by atoms with van der Waals surface area (Å²) in [5.41, 5.74) is 8.64. The number of hydrogen-bond donors (Lipinski definition) is 6. The number of ketones is 1. The maximum absolute atomic E-state index is 11.4. The third kappa shape index (κ3) is 29.2. The van der Waals surface area contributed by atoms with Crippen molar-refractivity contribution in [1.29, 1.82) is 0 Å². The average molecular weight is 1120 g/mol. The zero-order valence-electron chi connectivity index (χ0n) is 43.2. The number of carbonyl (C=O) groups excluding carboxylic acids is 6. The van der Waals surface area contributed by atoms with E-state index in [2.05, 4.69) is 30.7 Å². The molecule has 2 aliphatic heterocycles. The molecule has 3 amide bonds. The number of aromatic hydroxyl groups is 1. The van der Waals surface area contributed by atoms with E-state index in [-0.39, 0.29) is 50.7 Å². The highest BCUT2D eigenvalue weighted by molar-refractivity contribution is 8.15. The van der Waals surface area contributed by atoms with E-state index in [1.165, 1.54) is 57.0 Å². The molecule has 0 spiro atoms. The molecular formula is C55H67Cl3N4O10S2. The number of primary amides is 1. The molecule has 5 rings (SSSR count). The molecule has 74 heavy (non-hydrogen) atoms. The summed E-state index contributed by atoms with van der Waals surface area (Å²) in [7, 11) is 0. The van der Waals surface area contributed by atoms with Crippen molar-refractivity contribution in [3.63, 3.8) is 0 Å². The number of nitrogen functional groups attached to an aromatic ring is 1. The smallest absolute Gasteiger partial charge is 0.265 e. The number of phenolic OH excluding ortho intramolecular Hbond substituents is 1. The van der Waals surface area contributed by atoms with E-state index in [4.69, 9.17) is 57.2 Å². The largest absolute Gasteiger partial charge is 0.510 e. The van der Waals surface area contributed by atoms with Gasteiger partial charge in [-0.3, -0.25) is 34.2 Å². The number of ether oxygens (including phenoxy) is 2. The van der Waals surface area contributed by atoms with Gasteiger partial charge >= 0.3 is 0 Å². The molecule has 0 radical (unpaired) electrons. The van der Waals surface area contributed by atoms with Crippen molar-refractivity contribution >= 4 is 92.1 Å². The van der Waals surface area contributed by atoms with Crippen LogP contribution in [0.3, 0.4) is 0 Å². The van der Waals surface area contributed by atoms with Crippen molar-refractivity contribution in [2.75, 3.05) is 12.3 Å². The van der Waals surface area contributed by atoms with E-state index in [1.54, 1.807) is 67.6 Å². The number of aliphatic hydroxyl groups is 1. The summed E-state index contributed by atoms with van der Waals surface area (Å²) in [6, 6.07) is 18.2. The number of epoxide rings is 1. The Morgan fingerprint density at radius 1 is 0.946 bits per heavy atom. The van der Waals surface area contributed by atoms with Crippen molar-refractivity contribution in [2.24, 2.45) is 11.6 Å². The number of carbonyl (C=O) groups is 6. The van der Waals surface area contributed by atoms with Gasteiger partial charge in [-0.15, -0.1) is 5.92 Å². The highest BCUT2D eigenvalue weighted by Gasteiger charge is 2.48. The minimum Gasteiger partial charge on any atom is -0.510 e. The van der Waals surface area contributed by atoms with Gasteiger partial charge in [0.15, 0.2) is 29.5 Å². The van der Waals surface area contributed by atoms with Crippen molar-refractivity contribution < 1.29 is 49.8 Å². The number of halogens is 3. The molecule has 0 bridgehead atoms. The second-order valence-corrected chi connectivity index (χ2v) is 19.1. The zero-order chi connectivity index (χ0) is 56.3. The van der Waals surface area contributed by atoms with Gasteiger partial charge in [0.25, 0.3) is 5.91 Å². The third-order valence-corrected chi connectivity index (χ3v) is 12.2. The quantitative estimate of drug-likeness (QED) is 0.00903. The lowest BCUT2D eigenvalue weighted by Gasteiger charge is -2.09. The number of allylic oxidation sites excluding steroid dienone is 6. The topological polar surface area (TPSA) is 241 Å². The lowest BCUT2D eigenvalue weighted by Crippen LogP contribution is -2.29. The lowest BCUT2D eigenvalue weighted by atomic mass is 10.1. The maximum atomic E-state index is 11.4. The fraction of sp³-hybridized carbons (Fsp3) is 0.345. The molecule has 8 N–H and O–H groups in total. The predicted octanol–water partition coefficient (Wildman–Crippen LogP) is 11.9. The highest BCUT2D eigenvalue weighted by Crippen LogP contribution is 2.37. The average Bonchev–Trinajstić information content (AvgIpc) is 4.17. The van der Waals surface area contributed by atoms with Crippen LogP contribution >= 0.6 is 58.3 Å². The SMILES string of the molecule is C/C=C/C/C=C/CCC(=O)C1OC1C(N)=O.CCCCCCC#CCC(=O)SCCNC(C)=O.NNC(=O)c1ccccc1.Oc1cc(Cl)ccc1Oc1ccc(Cl)cc1Cl.[3H]C1(/C=C(\C)C=C)SC(=O)C(C)=C1O. The molecule has 0 aromatic heterocycles. The van der Waals surface area contributed by atoms with Gasteiger partial charge < -0.3 is 30.7 Å². The number of aliphatic hydroxyl groups excluding tert-OH is 1. The monoisotopic (exact) mass is 1110 g/mol. The summed E-state index contributed by atoms with van der Waals surface area (Å²) >= 11 is 19.5. The number of hydrazine groups is 1. The fourth-order valence-corrected chi connectivity index (χ4v) is 7.64. The molecule has 3 aromatic rings. The number of phenols is 1. The van der Waals surface area contributed by atoms with Crippen LogP contribution in [-0.4, -0.2) is 73.7 Å². The molecular weight excluding hydrogens is 1050 g/mol. The normalized spacial score (nSPS) is 16.5. The first-order chi connectivity index (χ1) is 35.6. The van der Waals surface area contributed by atoms with Gasteiger partial charge in [0, 0.05) is 59.3 Å².